The topological polar surface area (TPSA) is 99.5 Å². The summed E-state index contributed by atoms with van der Waals surface area (Å²) in [7, 11) is -1.02. The molecule has 8 nitrogen and oxygen atoms in total. The van der Waals surface area contributed by atoms with Gasteiger partial charge < -0.3 is 9.47 Å². The van der Waals surface area contributed by atoms with Crippen LogP contribution in [0.25, 0.3) is 11.3 Å². The molecule has 9 heteroatoms. The fourth-order valence-corrected chi connectivity index (χ4v) is 3.94. The number of hydrogen-bond acceptors (Lipinski definition) is 6. The van der Waals surface area contributed by atoms with Crippen LogP contribution in [0.2, 0.25) is 0 Å². The number of benzene rings is 2. The number of methoxy groups -OCH3 is 2. The van der Waals surface area contributed by atoms with E-state index in [0.29, 0.717) is 11.4 Å². The number of rotatable bonds is 8. The summed E-state index contributed by atoms with van der Waals surface area (Å²) < 4.78 is 39.3. The van der Waals surface area contributed by atoms with E-state index >= 15 is 0 Å². The first-order valence-corrected chi connectivity index (χ1v) is 10.3. The molecule has 1 N–H and O–H groups in total. The molecule has 3 aromatic rings. The summed E-state index contributed by atoms with van der Waals surface area (Å²) in [5.41, 5.74) is 1.13. The van der Waals surface area contributed by atoms with Crippen molar-refractivity contribution in [2.24, 2.45) is 0 Å². The summed E-state index contributed by atoms with van der Waals surface area (Å²) in [5.74, 6) is 0.590. The molecule has 0 aliphatic rings. The van der Waals surface area contributed by atoms with Crippen molar-refractivity contribution < 1.29 is 17.9 Å². The fourth-order valence-electron chi connectivity index (χ4n) is 2.73. The Bertz CT molecular complexity index is 1140. The Morgan fingerprint density at radius 2 is 1.79 bits per heavy atom. The first-order chi connectivity index (χ1) is 13.9. The molecule has 0 saturated heterocycles. The van der Waals surface area contributed by atoms with Gasteiger partial charge >= 0.3 is 0 Å². The van der Waals surface area contributed by atoms with Crippen molar-refractivity contribution in [1.82, 2.24) is 14.3 Å². The van der Waals surface area contributed by atoms with Crippen LogP contribution in [0.3, 0.4) is 0 Å². The molecule has 0 amide bonds. The van der Waals surface area contributed by atoms with E-state index in [1.165, 1.54) is 43.3 Å². The highest BCUT2D eigenvalue weighted by molar-refractivity contribution is 7.89. The first kappa shape index (κ1) is 20.6. The van der Waals surface area contributed by atoms with Crippen molar-refractivity contribution in [3.05, 3.63) is 71.3 Å². The maximum atomic E-state index is 12.6. The quantitative estimate of drug-likeness (QED) is 0.603. The van der Waals surface area contributed by atoms with Gasteiger partial charge in [-0.3, -0.25) is 9.36 Å². The molecule has 0 unspecified atom stereocenters. The monoisotopic (exact) mass is 415 g/mol. The normalized spacial score (nSPS) is 11.2. The molecule has 2 aromatic carbocycles. The van der Waals surface area contributed by atoms with Crippen LogP contribution >= 0.6 is 0 Å². The average molecular weight is 415 g/mol. The van der Waals surface area contributed by atoms with Crippen LogP contribution in [-0.4, -0.2) is 38.7 Å². The summed E-state index contributed by atoms with van der Waals surface area (Å²) in [5, 5.41) is 0. The lowest BCUT2D eigenvalue weighted by Gasteiger charge is -2.12. The Hall–Kier alpha value is -3.17. The van der Waals surface area contributed by atoms with Crippen LogP contribution in [-0.2, 0) is 16.6 Å². The molecule has 3 rings (SSSR count). The van der Waals surface area contributed by atoms with Gasteiger partial charge in [0.2, 0.25) is 10.0 Å². The number of sulfonamides is 1. The standard InChI is InChI=1S/C20H21N3O5S/c1-27-16-8-9-18(28-2)19(12-16)29(25,26)22-10-11-23-14-21-17(13-20(23)24)15-6-4-3-5-7-15/h3-9,12-14,22H,10-11H2,1-2H3. The maximum absolute atomic E-state index is 12.6. The van der Waals surface area contributed by atoms with Crippen LogP contribution in [0.4, 0.5) is 0 Å². The fraction of sp³-hybridized carbons (Fsp3) is 0.200. The third kappa shape index (κ3) is 4.82. The van der Waals surface area contributed by atoms with Crippen LogP contribution < -0.4 is 19.8 Å². The van der Waals surface area contributed by atoms with E-state index in [4.69, 9.17) is 9.47 Å². The zero-order valence-electron chi connectivity index (χ0n) is 16.0. The lowest BCUT2D eigenvalue weighted by atomic mass is 10.1. The Kier molecular flexibility index (Phi) is 6.30. The third-order valence-corrected chi connectivity index (χ3v) is 5.74. The van der Waals surface area contributed by atoms with Gasteiger partial charge in [-0.2, -0.15) is 0 Å². The molecule has 0 aliphatic heterocycles. The molecule has 152 valence electrons. The molecule has 0 atom stereocenters. The van der Waals surface area contributed by atoms with E-state index in [2.05, 4.69) is 9.71 Å². The van der Waals surface area contributed by atoms with E-state index < -0.39 is 10.0 Å². The minimum Gasteiger partial charge on any atom is -0.497 e. The van der Waals surface area contributed by atoms with Crippen LogP contribution in [0.5, 0.6) is 11.5 Å². The minimum absolute atomic E-state index is 0.00890. The van der Waals surface area contributed by atoms with Gasteiger partial charge in [0.25, 0.3) is 5.56 Å². The number of aromatic nitrogens is 2. The van der Waals surface area contributed by atoms with Gasteiger partial charge in [-0.1, -0.05) is 30.3 Å². The molecule has 0 radical (unpaired) electrons. The predicted molar refractivity (Wildman–Crippen MR) is 109 cm³/mol. The van der Waals surface area contributed by atoms with E-state index in [9.17, 15) is 13.2 Å². The highest BCUT2D eigenvalue weighted by atomic mass is 32.2. The van der Waals surface area contributed by atoms with Gasteiger partial charge in [-0.15, -0.1) is 0 Å². The van der Waals surface area contributed by atoms with Crippen LogP contribution in [0, 0.1) is 0 Å². The first-order valence-electron chi connectivity index (χ1n) is 8.78. The van der Waals surface area contributed by atoms with Crippen molar-refractivity contribution >= 4 is 10.0 Å². The molecular formula is C20H21N3O5S. The maximum Gasteiger partial charge on any atom is 0.253 e. The minimum atomic E-state index is -3.86. The Morgan fingerprint density at radius 1 is 1.03 bits per heavy atom. The lowest BCUT2D eigenvalue weighted by Crippen LogP contribution is -2.31. The van der Waals surface area contributed by atoms with Gasteiger partial charge in [0.15, 0.2) is 0 Å². The van der Waals surface area contributed by atoms with Gasteiger partial charge in [0, 0.05) is 30.8 Å². The highest BCUT2D eigenvalue weighted by Gasteiger charge is 2.20. The Balaban J connectivity index is 1.72. The van der Waals surface area contributed by atoms with E-state index in [0.717, 1.165) is 5.56 Å². The molecule has 0 bridgehead atoms. The number of nitrogens with one attached hydrogen (secondary N) is 1. The van der Waals surface area contributed by atoms with Gasteiger partial charge in [0.1, 0.15) is 16.4 Å². The van der Waals surface area contributed by atoms with Crippen LogP contribution in [0.1, 0.15) is 0 Å². The summed E-state index contributed by atoms with van der Waals surface area (Å²) in [6.07, 6.45) is 1.41. The van der Waals surface area contributed by atoms with Crippen molar-refractivity contribution in [2.45, 2.75) is 11.4 Å². The van der Waals surface area contributed by atoms with Gasteiger partial charge in [-0.25, -0.2) is 18.1 Å². The molecule has 1 aromatic heterocycles. The lowest BCUT2D eigenvalue weighted by molar-refractivity contribution is 0.392. The second kappa shape index (κ2) is 8.89. The van der Waals surface area contributed by atoms with E-state index in [-0.39, 0.29) is 29.3 Å². The zero-order chi connectivity index (χ0) is 20.9. The second-order valence-corrected chi connectivity index (χ2v) is 7.82. The second-order valence-electron chi connectivity index (χ2n) is 6.09. The number of nitrogens with zero attached hydrogens (tertiary/aromatic N) is 2. The van der Waals surface area contributed by atoms with Gasteiger partial charge in [0.05, 0.1) is 26.2 Å². The smallest absolute Gasteiger partial charge is 0.253 e. The molecule has 0 spiro atoms. The SMILES string of the molecule is COc1ccc(OC)c(S(=O)(=O)NCCn2cnc(-c3ccccc3)cc2=O)c1. The number of hydrogen-bond donors (Lipinski definition) is 1. The predicted octanol–water partition coefficient (Wildman–Crippen LogP) is 1.91. The summed E-state index contributed by atoms with van der Waals surface area (Å²) in [4.78, 5) is 16.6. The van der Waals surface area contributed by atoms with Crippen molar-refractivity contribution in [3.63, 3.8) is 0 Å². The summed E-state index contributed by atoms with van der Waals surface area (Å²) >= 11 is 0. The van der Waals surface area contributed by atoms with Crippen LogP contribution in [0.15, 0.2) is 70.6 Å². The zero-order valence-corrected chi connectivity index (χ0v) is 16.8. The Labute approximate surface area is 168 Å². The molecule has 0 saturated carbocycles. The molecule has 0 fully saturated rings. The number of ether oxygens (including phenoxy) is 2. The molecular weight excluding hydrogens is 394 g/mol. The molecule has 29 heavy (non-hydrogen) atoms. The van der Waals surface area contributed by atoms with Crippen molar-refractivity contribution in [2.75, 3.05) is 20.8 Å². The molecule has 1 heterocycles. The van der Waals surface area contributed by atoms with Crippen molar-refractivity contribution in [1.29, 1.82) is 0 Å². The van der Waals surface area contributed by atoms with Gasteiger partial charge in [-0.05, 0) is 12.1 Å². The Morgan fingerprint density at radius 3 is 2.45 bits per heavy atom. The summed E-state index contributed by atoms with van der Waals surface area (Å²) in [6.45, 7) is 0.140. The largest absolute Gasteiger partial charge is 0.497 e. The van der Waals surface area contributed by atoms with E-state index in [1.54, 1.807) is 6.07 Å². The van der Waals surface area contributed by atoms with Crippen molar-refractivity contribution in [3.8, 4) is 22.8 Å². The summed E-state index contributed by atoms with van der Waals surface area (Å²) in [6, 6.07) is 15.3. The highest BCUT2D eigenvalue weighted by Crippen LogP contribution is 2.27. The average Bonchev–Trinajstić information content (AvgIpc) is 2.75. The molecule has 0 aliphatic carbocycles. The van der Waals surface area contributed by atoms with E-state index in [1.807, 2.05) is 30.3 Å². The third-order valence-electron chi connectivity index (χ3n) is 4.25.